The van der Waals surface area contributed by atoms with Gasteiger partial charge in [-0.3, -0.25) is 14.5 Å². The third kappa shape index (κ3) is 2.80. The summed E-state index contributed by atoms with van der Waals surface area (Å²) in [6.45, 7) is -2.90. The lowest BCUT2D eigenvalue weighted by molar-refractivity contribution is 0.0763. The molecule has 0 radical (unpaired) electrons. The Hall–Kier alpha value is -3.81. The smallest absolute Gasteiger partial charge is 0.256 e. The van der Waals surface area contributed by atoms with Crippen LogP contribution >= 0.6 is 0 Å². The van der Waals surface area contributed by atoms with Crippen LogP contribution in [-0.4, -0.2) is 30.7 Å². The number of hydrogen-bond acceptors (Lipinski definition) is 4. The summed E-state index contributed by atoms with van der Waals surface area (Å²) < 4.78 is 48.1. The zero-order valence-corrected chi connectivity index (χ0v) is 15.7. The van der Waals surface area contributed by atoms with Gasteiger partial charge in [0.2, 0.25) is 0 Å². The highest BCUT2D eigenvalue weighted by Gasteiger charge is 2.29. The van der Waals surface area contributed by atoms with Crippen LogP contribution in [0.15, 0.2) is 48.8 Å². The molecule has 1 N–H and O–H groups in total. The van der Waals surface area contributed by atoms with Gasteiger partial charge < -0.3 is 10.0 Å². The number of phenols is 1. The van der Waals surface area contributed by atoms with Crippen LogP contribution in [0.25, 0.3) is 22.0 Å². The topological polar surface area (TPSA) is 71.2 Å². The number of hydrogen-bond donors (Lipinski definition) is 1. The molecule has 6 nitrogen and oxygen atoms in total. The maximum Gasteiger partial charge on any atom is 0.256 e. The second-order valence-corrected chi connectivity index (χ2v) is 7.02. The molecule has 1 aliphatic rings. The van der Waals surface area contributed by atoms with Gasteiger partial charge in [0.05, 0.1) is 27.0 Å². The van der Waals surface area contributed by atoms with E-state index in [1.54, 1.807) is 13.2 Å². The second kappa shape index (κ2) is 6.62. The fourth-order valence-corrected chi connectivity index (χ4v) is 3.63. The number of benzene rings is 2. The van der Waals surface area contributed by atoms with Gasteiger partial charge in [0.1, 0.15) is 22.9 Å². The number of carbonyl (C=O) groups excluding carboxylic acids is 1. The predicted molar refractivity (Wildman–Crippen MR) is 106 cm³/mol. The number of halogens is 2. The van der Waals surface area contributed by atoms with Gasteiger partial charge in [-0.15, -0.1) is 0 Å². The standard InChI is InChI=1S/C22H16F2N4O2/c1-27-9-15-13(4-5-20(29)21(15)26-27)12-7-17(23)16(18(24)8-12)10-28-11-19-14(22(28)30)3-2-6-25-19/h2-9,29H,10-11H2,1H3/i11D2. The van der Waals surface area contributed by atoms with Gasteiger partial charge in [-0.2, -0.15) is 5.10 Å². The quantitative estimate of drug-likeness (QED) is 0.560. The van der Waals surface area contributed by atoms with Crippen LogP contribution in [0.1, 0.15) is 24.4 Å². The summed E-state index contributed by atoms with van der Waals surface area (Å²) in [6.07, 6.45) is 3.00. The van der Waals surface area contributed by atoms with Gasteiger partial charge in [0, 0.05) is 30.4 Å². The Kier molecular flexibility index (Phi) is 3.54. The number of amides is 1. The molecule has 1 amide bonds. The Morgan fingerprint density at radius 2 is 1.97 bits per heavy atom. The Bertz CT molecular complexity index is 1400. The highest BCUT2D eigenvalue weighted by molar-refractivity contribution is 5.98. The third-order valence-electron chi connectivity index (χ3n) is 5.06. The van der Waals surface area contributed by atoms with Crippen molar-refractivity contribution < 1.29 is 21.4 Å². The molecule has 0 fully saturated rings. The molecule has 1 aliphatic heterocycles. The van der Waals surface area contributed by atoms with Crippen molar-refractivity contribution in [2.75, 3.05) is 0 Å². The lowest BCUT2D eigenvalue weighted by Gasteiger charge is -2.17. The van der Waals surface area contributed by atoms with Crippen LogP contribution < -0.4 is 0 Å². The van der Waals surface area contributed by atoms with Crippen molar-refractivity contribution in [3.05, 3.63) is 77.2 Å². The molecule has 2 aromatic carbocycles. The molecule has 0 bridgehead atoms. The monoisotopic (exact) mass is 408 g/mol. The molecule has 3 heterocycles. The van der Waals surface area contributed by atoms with E-state index >= 15 is 8.78 Å². The lowest BCUT2D eigenvalue weighted by Crippen LogP contribution is -2.24. The summed E-state index contributed by atoms with van der Waals surface area (Å²) in [4.78, 5) is 17.4. The van der Waals surface area contributed by atoms with E-state index in [-0.39, 0.29) is 22.6 Å². The maximum absolute atomic E-state index is 15.1. The molecule has 0 atom stereocenters. The van der Waals surface area contributed by atoms with Gasteiger partial charge in [0.25, 0.3) is 5.91 Å². The minimum atomic E-state index is -2.30. The Morgan fingerprint density at radius 1 is 1.20 bits per heavy atom. The molecular formula is C22H16F2N4O2. The first-order chi connectivity index (χ1) is 15.2. The van der Waals surface area contributed by atoms with Crippen LogP contribution in [0.5, 0.6) is 5.75 Å². The fourth-order valence-electron chi connectivity index (χ4n) is 3.63. The van der Waals surface area contributed by atoms with E-state index in [9.17, 15) is 9.90 Å². The number of aryl methyl sites for hydroxylation is 1. The van der Waals surface area contributed by atoms with Gasteiger partial charge in [-0.05, 0) is 47.5 Å². The van der Waals surface area contributed by atoms with Crippen LogP contribution in [0, 0.1) is 11.6 Å². The van der Waals surface area contributed by atoms with E-state index in [0.717, 1.165) is 17.0 Å². The van der Waals surface area contributed by atoms with Crippen molar-refractivity contribution >= 4 is 16.8 Å². The minimum absolute atomic E-state index is 0.0510. The van der Waals surface area contributed by atoms with E-state index in [1.807, 2.05) is 0 Å². The molecule has 0 unspecified atom stereocenters. The van der Waals surface area contributed by atoms with Crippen molar-refractivity contribution in [1.82, 2.24) is 19.7 Å². The summed E-state index contributed by atoms with van der Waals surface area (Å²) in [6, 6.07) is 8.12. The summed E-state index contributed by atoms with van der Waals surface area (Å²) >= 11 is 0. The molecule has 8 heteroatoms. The molecule has 0 aliphatic carbocycles. The molecule has 150 valence electrons. The highest BCUT2D eigenvalue weighted by atomic mass is 19.1. The number of pyridine rings is 1. The first-order valence-corrected chi connectivity index (χ1v) is 9.09. The second-order valence-electron chi connectivity index (χ2n) is 7.02. The first kappa shape index (κ1) is 16.0. The van der Waals surface area contributed by atoms with E-state index in [2.05, 4.69) is 10.1 Å². The molecule has 5 rings (SSSR count). The van der Waals surface area contributed by atoms with Crippen molar-refractivity contribution in [2.45, 2.75) is 13.0 Å². The number of aromatic nitrogens is 3. The van der Waals surface area contributed by atoms with Crippen molar-refractivity contribution in [1.29, 1.82) is 0 Å². The molecule has 30 heavy (non-hydrogen) atoms. The third-order valence-corrected chi connectivity index (χ3v) is 5.06. The summed E-state index contributed by atoms with van der Waals surface area (Å²) in [7, 11) is 1.67. The number of fused-ring (bicyclic) bond motifs is 2. The average Bonchev–Trinajstić information content (AvgIpc) is 3.22. The number of aromatic hydroxyl groups is 1. The number of carbonyl (C=O) groups is 1. The van der Waals surface area contributed by atoms with Crippen LogP contribution in [0.4, 0.5) is 8.78 Å². The average molecular weight is 408 g/mol. The SMILES string of the molecule is [2H]C1([2H])c2ncccc2C(=O)N1Cc1c(F)cc(-c2ccc(O)c3nn(C)cc23)cc1F. The van der Waals surface area contributed by atoms with Gasteiger partial charge >= 0.3 is 0 Å². The van der Waals surface area contributed by atoms with E-state index in [1.165, 1.54) is 35.1 Å². The first-order valence-electron chi connectivity index (χ1n) is 10.1. The summed E-state index contributed by atoms with van der Waals surface area (Å²) in [5.41, 5.74) is 0.557. The largest absolute Gasteiger partial charge is 0.506 e. The molecule has 0 saturated heterocycles. The molecule has 0 spiro atoms. The van der Waals surface area contributed by atoms with Crippen molar-refractivity contribution in [3.8, 4) is 16.9 Å². The number of phenolic OH excluding ortho intramolecular Hbond substituents is 1. The number of nitrogens with zero attached hydrogens (tertiary/aromatic N) is 4. The van der Waals surface area contributed by atoms with Crippen LogP contribution in [-0.2, 0) is 20.1 Å². The fraction of sp³-hybridized carbons (Fsp3) is 0.136. The van der Waals surface area contributed by atoms with Gasteiger partial charge in [-0.1, -0.05) is 0 Å². The molecule has 0 saturated carbocycles. The lowest BCUT2D eigenvalue weighted by atomic mass is 9.99. The molecule has 2 aromatic heterocycles. The van der Waals surface area contributed by atoms with Gasteiger partial charge in [-0.25, -0.2) is 8.78 Å². The van der Waals surface area contributed by atoms with Crippen molar-refractivity contribution in [3.63, 3.8) is 0 Å². The molecular weight excluding hydrogens is 390 g/mol. The highest BCUT2D eigenvalue weighted by Crippen LogP contribution is 2.35. The van der Waals surface area contributed by atoms with E-state index < -0.39 is 36.1 Å². The predicted octanol–water partition coefficient (Wildman–Crippen LogP) is 3.78. The maximum atomic E-state index is 15.1. The van der Waals surface area contributed by atoms with E-state index in [4.69, 9.17) is 2.74 Å². The number of rotatable bonds is 3. The van der Waals surface area contributed by atoms with Crippen LogP contribution in [0.2, 0.25) is 0 Å². The molecule has 4 aromatic rings. The Morgan fingerprint density at radius 3 is 2.70 bits per heavy atom. The summed E-state index contributed by atoms with van der Waals surface area (Å²) in [5.74, 6) is -2.57. The normalized spacial score (nSPS) is 16.0. The zero-order chi connectivity index (χ0) is 22.8. The van der Waals surface area contributed by atoms with Gasteiger partial charge in [0.15, 0.2) is 0 Å². The van der Waals surface area contributed by atoms with Crippen molar-refractivity contribution in [2.24, 2.45) is 7.05 Å². The Balaban J connectivity index is 1.55. The van der Waals surface area contributed by atoms with E-state index in [0.29, 0.717) is 16.5 Å². The minimum Gasteiger partial charge on any atom is -0.506 e. The zero-order valence-electron chi connectivity index (χ0n) is 17.7. The van der Waals surface area contributed by atoms with Crippen LogP contribution in [0.3, 0.4) is 0 Å². The Labute approximate surface area is 172 Å². The summed E-state index contributed by atoms with van der Waals surface area (Å²) in [5, 5.41) is 14.7.